The van der Waals surface area contributed by atoms with Crippen LogP contribution < -0.4 is 15.5 Å². The second kappa shape index (κ2) is 19.2. The first kappa shape index (κ1) is 42.6. The number of para-hydroxylation sites is 1. The van der Waals surface area contributed by atoms with Gasteiger partial charge in [0.05, 0.1) is 5.70 Å². The molecule has 4 aliphatic carbocycles. The fraction of sp³-hybridized carbons (Fsp3) is 0.117. The molecule has 0 bridgehead atoms. The Hall–Kier alpha value is -7.56. The number of allylic oxidation sites excluding steroid dienone is 25. The van der Waals surface area contributed by atoms with Gasteiger partial charge in [-0.1, -0.05) is 125 Å². The largest absolute Gasteiger partial charge is 0.455 e. The lowest BCUT2D eigenvalue weighted by molar-refractivity contribution is 0.573. The molecule has 304 valence electrons. The van der Waals surface area contributed by atoms with Crippen molar-refractivity contribution in [3.63, 3.8) is 0 Å². The monoisotopic (exact) mass is 803 g/mol. The molecule has 0 saturated carbocycles. The van der Waals surface area contributed by atoms with Gasteiger partial charge in [-0.25, -0.2) is 0 Å². The highest BCUT2D eigenvalue weighted by atomic mass is 16.3. The van der Waals surface area contributed by atoms with Gasteiger partial charge in [0.1, 0.15) is 11.0 Å². The quantitative estimate of drug-likeness (QED) is 0.175. The molecule has 2 heterocycles. The van der Waals surface area contributed by atoms with Crippen LogP contribution in [0.1, 0.15) is 50.8 Å². The second-order valence-corrected chi connectivity index (χ2v) is 14.9. The highest BCUT2D eigenvalue weighted by molar-refractivity contribution is 5.85. The summed E-state index contributed by atoms with van der Waals surface area (Å²) in [6, 6.07) is 12.9. The zero-order chi connectivity index (χ0) is 43.8. The van der Waals surface area contributed by atoms with E-state index in [1.54, 1.807) is 0 Å². The van der Waals surface area contributed by atoms with Crippen molar-refractivity contribution in [3.8, 4) is 0 Å². The number of hydrogen-bond acceptors (Lipinski definition) is 2. The fourth-order valence-corrected chi connectivity index (χ4v) is 8.57. The van der Waals surface area contributed by atoms with Gasteiger partial charge in [0, 0.05) is 33.6 Å². The standard InChI is InChI=1S/C58H47NO.C2H6/c1-8-13-24-41-36-42-25-21-28-45(38-55(42)49(23-9-2)46(11-4)40(7)48-29-15-14-16-30-50(48)47(41)12-5)59-44(10-3)27-22-26-43-37-54(39(6)35-56(43)59)53-33-18-17-32-52-51-31-19-20-34-57(51)60-58(52)53;1-2/h8-14,16-17,19-20,22-25,27-35,37-38H,1,4-5,7,26,36H2,2-3,6H3;1-2H3/b23-9-,24-13-,44-10+,47-41-,49-46-;. The molecule has 0 atom stereocenters. The molecular weight excluding hydrogens is 751 g/mol. The summed E-state index contributed by atoms with van der Waals surface area (Å²) in [5.74, 6) is 0. The molecule has 0 N–H and O–H groups in total. The molecule has 0 unspecified atom stereocenters. The first-order valence-electron chi connectivity index (χ1n) is 21.4. The SMILES string of the molecule is C=C/C=C\C1=C(/C=C)C2=C(C=C=CC=C2)C(=C)/C(C=C)=C(/C=C\C)C2=C(C=C=CC(N3/C(=C/C)C=CCc4cc(C5=c6oc7ccccc7c6=CC=C=C5)c(C)cc43)=C2)C1.CC. The van der Waals surface area contributed by atoms with Gasteiger partial charge in [0.15, 0.2) is 0 Å². The van der Waals surface area contributed by atoms with E-state index in [4.69, 9.17) is 11.0 Å². The van der Waals surface area contributed by atoms with Crippen molar-refractivity contribution in [1.29, 1.82) is 0 Å². The highest BCUT2D eigenvalue weighted by Crippen LogP contribution is 2.42. The van der Waals surface area contributed by atoms with Gasteiger partial charge in [-0.05, 0) is 167 Å². The number of fused-ring (bicyclic) bond motifs is 4. The van der Waals surface area contributed by atoms with E-state index < -0.39 is 0 Å². The van der Waals surface area contributed by atoms with Crippen LogP contribution in [0.4, 0.5) is 5.69 Å². The van der Waals surface area contributed by atoms with Crippen LogP contribution in [-0.4, -0.2) is 0 Å². The van der Waals surface area contributed by atoms with Crippen molar-refractivity contribution in [2.45, 2.75) is 47.5 Å². The van der Waals surface area contributed by atoms with Crippen molar-refractivity contribution in [3.05, 3.63) is 284 Å². The van der Waals surface area contributed by atoms with Crippen molar-refractivity contribution in [1.82, 2.24) is 0 Å². The zero-order valence-electron chi connectivity index (χ0n) is 36.6. The summed E-state index contributed by atoms with van der Waals surface area (Å²) in [6.07, 6.45) is 42.8. The van der Waals surface area contributed by atoms with Crippen molar-refractivity contribution in [2.24, 2.45) is 0 Å². The van der Waals surface area contributed by atoms with Crippen LogP contribution in [0, 0.1) is 6.92 Å². The van der Waals surface area contributed by atoms with E-state index in [2.05, 4.69) is 160 Å². The molecule has 0 fully saturated rings. The summed E-state index contributed by atoms with van der Waals surface area (Å²) in [5, 5.41) is 2.17. The summed E-state index contributed by atoms with van der Waals surface area (Å²) < 4.78 is 6.57. The fourth-order valence-electron chi connectivity index (χ4n) is 8.57. The number of rotatable bonds is 7. The third-order valence-electron chi connectivity index (χ3n) is 11.4. The Morgan fingerprint density at radius 2 is 1.60 bits per heavy atom. The maximum atomic E-state index is 6.57. The number of benzene rings is 2. The Morgan fingerprint density at radius 1 is 0.806 bits per heavy atom. The van der Waals surface area contributed by atoms with E-state index in [0.29, 0.717) is 6.42 Å². The van der Waals surface area contributed by atoms with Gasteiger partial charge >= 0.3 is 0 Å². The second-order valence-electron chi connectivity index (χ2n) is 14.9. The normalized spacial score (nSPS) is 20.0. The molecule has 2 aromatic carbocycles. The van der Waals surface area contributed by atoms with E-state index in [-0.39, 0.29) is 0 Å². The number of anilines is 1. The number of aryl methyl sites for hydroxylation is 1. The van der Waals surface area contributed by atoms with Crippen LogP contribution >= 0.6 is 0 Å². The van der Waals surface area contributed by atoms with E-state index in [1.165, 1.54) is 5.56 Å². The number of furan rings is 1. The summed E-state index contributed by atoms with van der Waals surface area (Å²) in [6.45, 7) is 27.7. The third kappa shape index (κ3) is 8.03. The van der Waals surface area contributed by atoms with Gasteiger partial charge in [0.2, 0.25) is 0 Å². The van der Waals surface area contributed by atoms with Crippen LogP contribution in [-0.2, 0) is 6.42 Å². The first-order valence-corrected chi connectivity index (χ1v) is 21.4. The molecular formula is C60H53NO. The molecule has 0 amide bonds. The van der Waals surface area contributed by atoms with Crippen LogP contribution in [0.2, 0.25) is 0 Å². The Labute approximate surface area is 367 Å². The van der Waals surface area contributed by atoms with Crippen LogP contribution in [0.25, 0.3) is 22.6 Å². The third-order valence-corrected chi connectivity index (χ3v) is 11.4. The van der Waals surface area contributed by atoms with E-state index in [9.17, 15) is 0 Å². The van der Waals surface area contributed by atoms with Crippen LogP contribution in [0.3, 0.4) is 0 Å². The van der Waals surface area contributed by atoms with Crippen LogP contribution in [0.15, 0.2) is 261 Å². The lowest BCUT2D eigenvalue weighted by Gasteiger charge is -2.29. The summed E-state index contributed by atoms with van der Waals surface area (Å²) in [5.41, 5.74) is 28.8. The van der Waals surface area contributed by atoms with E-state index in [1.807, 2.05) is 74.6 Å². The average Bonchev–Trinajstić information content (AvgIpc) is 3.61. The molecule has 2 nitrogen and oxygen atoms in total. The summed E-state index contributed by atoms with van der Waals surface area (Å²) >= 11 is 0. The van der Waals surface area contributed by atoms with Gasteiger partial charge < -0.3 is 9.32 Å². The maximum absolute atomic E-state index is 6.57. The topological polar surface area (TPSA) is 16.4 Å². The van der Waals surface area contributed by atoms with Crippen molar-refractivity contribution in [2.75, 3.05) is 4.90 Å². The summed E-state index contributed by atoms with van der Waals surface area (Å²) in [4.78, 5) is 2.36. The molecule has 0 spiro atoms. The Morgan fingerprint density at radius 3 is 2.37 bits per heavy atom. The predicted octanol–water partition coefficient (Wildman–Crippen LogP) is 14.0. The maximum Gasteiger partial charge on any atom is 0.143 e. The predicted molar refractivity (Wildman–Crippen MR) is 266 cm³/mol. The average molecular weight is 804 g/mol. The van der Waals surface area contributed by atoms with Gasteiger partial charge in [0.25, 0.3) is 0 Å². The molecule has 1 aromatic heterocycles. The van der Waals surface area contributed by atoms with Gasteiger partial charge in [-0.2, -0.15) is 0 Å². The Kier molecular flexibility index (Phi) is 13.2. The van der Waals surface area contributed by atoms with Crippen LogP contribution in [0.5, 0.6) is 0 Å². The molecule has 0 radical (unpaired) electrons. The Bertz CT molecular complexity index is 3110. The molecule has 3 aromatic rings. The minimum Gasteiger partial charge on any atom is -0.455 e. The lowest BCUT2D eigenvalue weighted by atomic mass is 9.81. The van der Waals surface area contributed by atoms with E-state index >= 15 is 0 Å². The lowest BCUT2D eigenvalue weighted by Crippen LogP contribution is -2.23. The number of nitrogens with zero attached hydrogens (tertiary/aromatic N) is 1. The number of hydrogen-bond donors (Lipinski definition) is 0. The van der Waals surface area contributed by atoms with E-state index in [0.717, 1.165) is 112 Å². The molecule has 1 aliphatic heterocycles. The molecule has 5 aliphatic rings. The zero-order valence-corrected chi connectivity index (χ0v) is 36.6. The van der Waals surface area contributed by atoms with Gasteiger partial charge in [-0.15, -0.1) is 17.2 Å². The van der Waals surface area contributed by atoms with Crippen molar-refractivity contribution < 1.29 is 4.42 Å². The highest BCUT2D eigenvalue weighted by Gasteiger charge is 2.26. The molecule has 62 heavy (non-hydrogen) atoms. The van der Waals surface area contributed by atoms with Crippen molar-refractivity contribution >= 4 is 28.3 Å². The summed E-state index contributed by atoms with van der Waals surface area (Å²) in [7, 11) is 0. The molecule has 2 heteroatoms. The smallest absolute Gasteiger partial charge is 0.143 e. The molecule has 8 rings (SSSR count). The molecule has 0 saturated heterocycles. The minimum absolute atomic E-state index is 0.614. The Balaban J connectivity index is 0.00000285. The minimum atomic E-state index is 0.614. The first-order chi connectivity index (χ1) is 30.4. The van der Waals surface area contributed by atoms with Gasteiger partial charge in [-0.3, -0.25) is 0 Å².